The lowest BCUT2D eigenvalue weighted by Crippen LogP contribution is -2.19. The van der Waals surface area contributed by atoms with Crippen molar-refractivity contribution < 1.29 is 4.43 Å². The largest absolute Gasteiger partial charge is 0.401 e. The Labute approximate surface area is 132 Å². The maximum Gasteiger partial charge on any atom is 0.173 e. The number of hydrogen-bond donors (Lipinski definition) is 0. The van der Waals surface area contributed by atoms with Crippen molar-refractivity contribution in [1.29, 1.82) is 0 Å². The lowest BCUT2D eigenvalue weighted by atomic mass is 10.2. The van der Waals surface area contributed by atoms with E-state index in [9.17, 15) is 0 Å². The van der Waals surface area contributed by atoms with Crippen molar-refractivity contribution >= 4 is 35.9 Å². The SMILES string of the molecule is CCCCCC(O[SiH](C)C)n1ccc2cc(Br)ccc21. The van der Waals surface area contributed by atoms with E-state index in [-0.39, 0.29) is 6.23 Å². The summed E-state index contributed by atoms with van der Waals surface area (Å²) in [6.07, 6.45) is 7.25. The molecule has 0 saturated heterocycles. The monoisotopic (exact) mass is 353 g/mol. The van der Waals surface area contributed by atoms with Crippen LogP contribution in [0.1, 0.15) is 38.8 Å². The van der Waals surface area contributed by atoms with E-state index in [0.29, 0.717) is 0 Å². The Kier molecular flexibility index (Phi) is 5.87. The number of fused-ring (bicyclic) bond motifs is 1. The van der Waals surface area contributed by atoms with Crippen LogP contribution in [0, 0.1) is 0 Å². The molecule has 2 aromatic rings. The van der Waals surface area contributed by atoms with Crippen LogP contribution >= 0.6 is 15.9 Å². The Hall–Kier alpha value is -0.583. The van der Waals surface area contributed by atoms with Gasteiger partial charge in [0.2, 0.25) is 0 Å². The predicted molar refractivity (Wildman–Crippen MR) is 92.8 cm³/mol. The van der Waals surface area contributed by atoms with Gasteiger partial charge in [0.05, 0.1) is 5.52 Å². The van der Waals surface area contributed by atoms with E-state index in [0.717, 1.165) is 10.9 Å². The van der Waals surface area contributed by atoms with Gasteiger partial charge in [-0.1, -0.05) is 35.7 Å². The highest BCUT2D eigenvalue weighted by Crippen LogP contribution is 2.27. The molecule has 1 aromatic carbocycles. The van der Waals surface area contributed by atoms with Gasteiger partial charge in [0.25, 0.3) is 0 Å². The van der Waals surface area contributed by atoms with Crippen LogP contribution in [-0.2, 0) is 4.43 Å². The molecule has 0 fully saturated rings. The van der Waals surface area contributed by atoms with Gasteiger partial charge in [0, 0.05) is 16.1 Å². The van der Waals surface area contributed by atoms with E-state index < -0.39 is 9.04 Å². The summed E-state index contributed by atoms with van der Waals surface area (Å²) in [6.45, 7) is 6.74. The average Bonchev–Trinajstić information content (AvgIpc) is 2.80. The third-order valence-electron chi connectivity index (χ3n) is 3.48. The van der Waals surface area contributed by atoms with Gasteiger partial charge < -0.3 is 8.99 Å². The topological polar surface area (TPSA) is 14.2 Å². The quantitative estimate of drug-likeness (QED) is 0.474. The van der Waals surface area contributed by atoms with Gasteiger partial charge in [-0.05, 0) is 50.2 Å². The Bertz CT molecular complexity index is 552. The molecule has 20 heavy (non-hydrogen) atoms. The molecule has 0 aliphatic rings. The average molecular weight is 354 g/mol. The molecular weight excluding hydrogens is 330 g/mol. The van der Waals surface area contributed by atoms with Crippen LogP contribution in [0.4, 0.5) is 0 Å². The van der Waals surface area contributed by atoms with E-state index >= 15 is 0 Å². The van der Waals surface area contributed by atoms with Gasteiger partial charge in [-0.15, -0.1) is 0 Å². The molecule has 2 nitrogen and oxygen atoms in total. The molecule has 1 unspecified atom stereocenters. The van der Waals surface area contributed by atoms with Crippen LogP contribution in [-0.4, -0.2) is 13.6 Å². The second-order valence-corrected chi connectivity index (χ2v) is 8.85. The van der Waals surface area contributed by atoms with Crippen LogP contribution < -0.4 is 0 Å². The lowest BCUT2D eigenvalue weighted by Gasteiger charge is -2.23. The molecule has 0 saturated carbocycles. The molecule has 0 amide bonds. The number of unbranched alkanes of at least 4 members (excludes halogenated alkanes) is 2. The smallest absolute Gasteiger partial charge is 0.173 e. The highest BCUT2D eigenvalue weighted by Gasteiger charge is 2.15. The van der Waals surface area contributed by atoms with Gasteiger partial charge in [-0.3, -0.25) is 0 Å². The van der Waals surface area contributed by atoms with Gasteiger partial charge >= 0.3 is 0 Å². The zero-order valence-corrected chi connectivity index (χ0v) is 15.3. The molecule has 0 radical (unpaired) electrons. The maximum atomic E-state index is 6.27. The summed E-state index contributed by atoms with van der Waals surface area (Å²) in [7, 11) is -1.05. The number of aromatic nitrogens is 1. The summed E-state index contributed by atoms with van der Waals surface area (Å²) in [4.78, 5) is 0. The van der Waals surface area contributed by atoms with Gasteiger partial charge in [-0.25, -0.2) is 0 Å². The van der Waals surface area contributed by atoms with Crippen molar-refractivity contribution in [3.8, 4) is 0 Å². The molecule has 110 valence electrons. The third-order valence-corrected chi connectivity index (χ3v) is 4.83. The Morgan fingerprint density at radius 2 is 2.05 bits per heavy atom. The summed E-state index contributed by atoms with van der Waals surface area (Å²) in [5.41, 5.74) is 1.27. The second kappa shape index (κ2) is 7.43. The van der Waals surface area contributed by atoms with Gasteiger partial charge in [-0.2, -0.15) is 0 Å². The normalized spacial score (nSPS) is 13.2. The number of halogens is 1. The molecular formula is C16H24BrNOSi. The molecule has 0 aliphatic carbocycles. The minimum absolute atomic E-state index is 0.201. The van der Waals surface area contributed by atoms with E-state index in [1.54, 1.807) is 0 Å². The summed E-state index contributed by atoms with van der Waals surface area (Å²) < 4.78 is 9.71. The molecule has 1 atom stereocenters. The summed E-state index contributed by atoms with van der Waals surface area (Å²) in [6, 6.07) is 8.63. The van der Waals surface area contributed by atoms with Crippen molar-refractivity contribution in [2.45, 2.75) is 51.9 Å². The van der Waals surface area contributed by atoms with Crippen LogP contribution in [0.25, 0.3) is 10.9 Å². The second-order valence-electron chi connectivity index (χ2n) is 5.56. The molecule has 0 spiro atoms. The van der Waals surface area contributed by atoms with Crippen molar-refractivity contribution in [2.24, 2.45) is 0 Å². The zero-order valence-electron chi connectivity index (χ0n) is 12.6. The molecule has 0 N–H and O–H groups in total. The minimum Gasteiger partial charge on any atom is -0.401 e. The number of rotatable bonds is 7. The summed E-state index contributed by atoms with van der Waals surface area (Å²) in [5, 5.41) is 1.27. The van der Waals surface area contributed by atoms with E-state index in [4.69, 9.17) is 4.43 Å². The van der Waals surface area contributed by atoms with E-state index in [2.05, 4.69) is 71.0 Å². The van der Waals surface area contributed by atoms with E-state index in [1.807, 2.05) is 0 Å². The fourth-order valence-electron chi connectivity index (χ4n) is 2.54. The van der Waals surface area contributed by atoms with Gasteiger partial charge in [0.1, 0.15) is 6.23 Å². The number of nitrogens with zero attached hydrogens (tertiary/aromatic N) is 1. The first-order valence-electron chi connectivity index (χ1n) is 7.53. The minimum atomic E-state index is -1.05. The molecule has 1 aromatic heterocycles. The van der Waals surface area contributed by atoms with Crippen LogP contribution in [0.5, 0.6) is 0 Å². The predicted octanol–water partition coefficient (Wildman–Crippen LogP) is 5.48. The van der Waals surface area contributed by atoms with Crippen molar-refractivity contribution in [3.05, 3.63) is 34.9 Å². The molecule has 4 heteroatoms. The lowest BCUT2D eigenvalue weighted by molar-refractivity contribution is 0.124. The summed E-state index contributed by atoms with van der Waals surface area (Å²) >= 11 is 3.54. The van der Waals surface area contributed by atoms with Crippen molar-refractivity contribution in [2.75, 3.05) is 0 Å². The number of hydrogen-bond acceptors (Lipinski definition) is 1. The standard InChI is InChI=1S/C16H24BrNOSi/c1-4-5-6-7-16(19-20(2)3)18-11-10-13-12-14(17)8-9-15(13)18/h8-12,16,20H,4-7H2,1-3H3. The fourth-order valence-corrected chi connectivity index (χ4v) is 3.82. The molecule has 2 rings (SSSR count). The zero-order chi connectivity index (χ0) is 14.5. The van der Waals surface area contributed by atoms with Crippen LogP contribution in [0.2, 0.25) is 13.1 Å². The van der Waals surface area contributed by atoms with Crippen LogP contribution in [0.3, 0.4) is 0 Å². The molecule has 0 bridgehead atoms. The highest BCUT2D eigenvalue weighted by molar-refractivity contribution is 9.10. The Balaban J connectivity index is 2.25. The molecule has 0 aliphatic heterocycles. The first kappa shape index (κ1) is 15.8. The first-order chi connectivity index (χ1) is 9.61. The Morgan fingerprint density at radius 1 is 1.25 bits per heavy atom. The fraction of sp³-hybridized carbons (Fsp3) is 0.500. The summed E-state index contributed by atoms with van der Waals surface area (Å²) in [5.74, 6) is 0. The Morgan fingerprint density at radius 3 is 2.75 bits per heavy atom. The maximum absolute atomic E-state index is 6.27. The third kappa shape index (κ3) is 3.96. The van der Waals surface area contributed by atoms with E-state index in [1.165, 1.54) is 30.2 Å². The van der Waals surface area contributed by atoms with Crippen molar-refractivity contribution in [3.63, 3.8) is 0 Å². The van der Waals surface area contributed by atoms with Crippen molar-refractivity contribution in [1.82, 2.24) is 4.57 Å². The van der Waals surface area contributed by atoms with Gasteiger partial charge in [0.15, 0.2) is 9.04 Å². The van der Waals surface area contributed by atoms with Crippen LogP contribution in [0.15, 0.2) is 34.9 Å². The highest BCUT2D eigenvalue weighted by atomic mass is 79.9. The first-order valence-corrected chi connectivity index (χ1v) is 11.1. The molecule has 1 heterocycles. The number of benzene rings is 1.